The van der Waals surface area contributed by atoms with Crippen molar-refractivity contribution in [3.63, 3.8) is 0 Å². The van der Waals surface area contributed by atoms with Gasteiger partial charge in [-0.05, 0) is 44.1 Å². The number of aliphatic carboxylic acids is 1. The van der Waals surface area contributed by atoms with Gasteiger partial charge < -0.3 is 45.3 Å². The summed E-state index contributed by atoms with van der Waals surface area (Å²) in [5.41, 5.74) is 0.724. The molecule has 0 fully saturated rings. The van der Waals surface area contributed by atoms with E-state index < -0.39 is 72.4 Å². The fraction of sp³-hybridized carbons (Fsp3) is 0.676. The van der Waals surface area contributed by atoms with Gasteiger partial charge in [-0.3, -0.25) is 19.2 Å². The van der Waals surface area contributed by atoms with Gasteiger partial charge in [-0.2, -0.15) is 0 Å². The van der Waals surface area contributed by atoms with Gasteiger partial charge in [0.2, 0.25) is 17.7 Å². The Hall–Kier alpha value is -4.24. The minimum absolute atomic E-state index is 0.0610. The Balaban J connectivity index is 3.32. The molecule has 0 spiro atoms. The van der Waals surface area contributed by atoms with E-state index in [1.54, 1.807) is 31.2 Å². The van der Waals surface area contributed by atoms with Gasteiger partial charge in [-0.1, -0.05) is 84.2 Å². The average molecular weight is 737 g/mol. The fourth-order valence-electron chi connectivity index (χ4n) is 4.69. The maximum Gasteiger partial charge on any atom is 0.408 e. The molecule has 0 unspecified atom stereocenters. The van der Waals surface area contributed by atoms with E-state index in [1.165, 1.54) is 0 Å². The number of hydrogen-bond donors (Lipinski definition) is 5. The highest BCUT2D eigenvalue weighted by Gasteiger charge is 2.35. The van der Waals surface area contributed by atoms with Crippen molar-refractivity contribution in [1.82, 2.24) is 21.3 Å². The van der Waals surface area contributed by atoms with Crippen LogP contribution in [0.15, 0.2) is 30.3 Å². The summed E-state index contributed by atoms with van der Waals surface area (Å²) in [6.07, 6.45) is 2.03. The lowest BCUT2D eigenvalue weighted by atomic mass is 10.0. The van der Waals surface area contributed by atoms with Crippen molar-refractivity contribution in [3.8, 4) is 0 Å². The SMILES string of the molecule is CCCCOC[C@H](NC(=O)OCc1ccccc1)C(=O)N[C@@H](CC(=O)OCCCC)C(=O)N[C@H](C(=O)N[C@@H](CC(C)C)C(=O)O)[C@@H](C)OCCCC. The third-order valence-corrected chi connectivity index (χ3v) is 7.76. The smallest absolute Gasteiger partial charge is 0.408 e. The predicted molar refractivity (Wildman–Crippen MR) is 193 cm³/mol. The zero-order chi connectivity index (χ0) is 38.9. The molecular weight excluding hydrogens is 676 g/mol. The maximum absolute atomic E-state index is 13.9. The highest BCUT2D eigenvalue weighted by Crippen LogP contribution is 2.10. The van der Waals surface area contributed by atoms with E-state index in [0.717, 1.165) is 24.8 Å². The molecule has 5 N–H and O–H groups in total. The van der Waals surface area contributed by atoms with Crippen molar-refractivity contribution in [2.24, 2.45) is 5.92 Å². The molecule has 0 saturated carbocycles. The molecule has 1 rings (SSSR count). The Morgan fingerprint density at radius 1 is 0.692 bits per heavy atom. The van der Waals surface area contributed by atoms with Crippen molar-refractivity contribution in [1.29, 1.82) is 0 Å². The zero-order valence-electron chi connectivity index (χ0n) is 31.6. The summed E-state index contributed by atoms with van der Waals surface area (Å²) >= 11 is 0. The molecule has 294 valence electrons. The Labute approximate surface area is 307 Å². The standard InChI is InChI=1S/C37H60N4O11/c1-7-10-18-49-24-30(40-37(48)52-23-27-16-14-13-15-17-27)34(44)38-28(22-31(42)51-20-12-9-3)33(43)41-32(26(6)50-19-11-8-2)35(45)39-29(36(46)47)21-25(4)5/h13-17,25-26,28-30,32H,7-12,18-24H2,1-6H3,(H,38,44)(H,39,45)(H,40,48)(H,41,43)(H,46,47)/t26-,28+,29+,30+,32+/m1/s1. The second-order valence-electron chi connectivity index (χ2n) is 13.0. The van der Waals surface area contributed by atoms with E-state index >= 15 is 0 Å². The van der Waals surface area contributed by atoms with Crippen molar-refractivity contribution < 1.29 is 52.8 Å². The average Bonchev–Trinajstić information content (AvgIpc) is 3.10. The van der Waals surface area contributed by atoms with Crippen LogP contribution in [0.3, 0.4) is 0 Å². The summed E-state index contributed by atoms with van der Waals surface area (Å²) < 4.78 is 22.0. The lowest BCUT2D eigenvalue weighted by molar-refractivity contribution is -0.147. The Morgan fingerprint density at radius 2 is 1.29 bits per heavy atom. The first-order chi connectivity index (χ1) is 24.8. The largest absolute Gasteiger partial charge is 0.480 e. The van der Waals surface area contributed by atoms with Crippen LogP contribution in [0.25, 0.3) is 0 Å². The van der Waals surface area contributed by atoms with Crippen molar-refractivity contribution in [3.05, 3.63) is 35.9 Å². The van der Waals surface area contributed by atoms with Crippen LogP contribution in [0.1, 0.15) is 98.5 Å². The monoisotopic (exact) mass is 736 g/mol. The predicted octanol–water partition coefficient (Wildman–Crippen LogP) is 3.62. The fourth-order valence-corrected chi connectivity index (χ4v) is 4.69. The van der Waals surface area contributed by atoms with Gasteiger partial charge in [-0.25, -0.2) is 9.59 Å². The Morgan fingerprint density at radius 3 is 1.90 bits per heavy atom. The summed E-state index contributed by atoms with van der Waals surface area (Å²) in [7, 11) is 0. The van der Waals surface area contributed by atoms with Crippen LogP contribution < -0.4 is 21.3 Å². The van der Waals surface area contributed by atoms with Crippen LogP contribution in [0.4, 0.5) is 4.79 Å². The van der Waals surface area contributed by atoms with Gasteiger partial charge in [0.15, 0.2) is 0 Å². The summed E-state index contributed by atoms with van der Waals surface area (Å²) in [4.78, 5) is 78.6. The van der Waals surface area contributed by atoms with Crippen LogP contribution in [0.2, 0.25) is 0 Å². The first kappa shape index (κ1) is 45.8. The molecule has 0 bridgehead atoms. The second kappa shape index (κ2) is 26.5. The molecule has 1 aromatic carbocycles. The number of carbonyl (C=O) groups excluding carboxylic acids is 5. The Kier molecular flexibility index (Phi) is 23.4. The lowest BCUT2D eigenvalue weighted by Crippen LogP contribution is -2.61. The van der Waals surface area contributed by atoms with Crippen LogP contribution >= 0.6 is 0 Å². The van der Waals surface area contributed by atoms with Gasteiger partial charge in [0.25, 0.3) is 0 Å². The number of unbranched alkanes of at least 4 members (excludes halogenated alkanes) is 3. The molecule has 0 aromatic heterocycles. The first-order valence-electron chi connectivity index (χ1n) is 18.3. The topological polar surface area (TPSA) is 208 Å². The summed E-state index contributed by atoms with van der Waals surface area (Å²) in [5, 5.41) is 19.8. The quantitative estimate of drug-likeness (QED) is 0.0651. The van der Waals surface area contributed by atoms with E-state index in [-0.39, 0.29) is 38.8 Å². The number of alkyl carbamates (subject to hydrolysis) is 1. The van der Waals surface area contributed by atoms with Crippen molar-refractivity contribution in [2.45, 2.75) is 130 Å². The van der Waals surface area contributed by atoms with Gasteiger partial charge in [-0.15, -0.1) is 0 Å². The van der Waals surface area contributed by atoms with Crippen LogP contribution in [0, 0.1) is 5.92 Å². The molecule has 52 heavy (non-hydrogen) atoms. The van der Waals surface area contributed by atoms with Gasteiger partial charge in [0.05, 0.1) is 25.7 Å². The molecule has 5 atom stereocenters. The van der Waals surface area contributed by atoms with E-state index in [9.17, 15) is 33.9 Å². The number of nitrogens with one attached hydrogen (secondary N) is 4. The van der Waals surface area contributed by atoms with Gasteiger partial charge in [0.1, 0.15) is 30.8 Å². The van der Waals surface area contributed by atoms with E-state index in [0.29, 0.717) is 25.9 Å². The van der Waals surface area contributed by atoms with E-state index in [1.807, 2.05) is 40.7 Å². The highest BCUT2D eigenvalue weighted by molar-refractivity contribution is 5.96. The van der Waals surface area contributed by atoms with Gasteiger partial charge >= 0.3 is 18.0 Å². The van der Waals surface area contributed by atoms with E-state index in [2.05, 4.69) is 21.3 Å². The Bertz CT molecular complexity index is 1230. The lowest BCUT2D eigenvalue weighted by Gasteiger charge is -2.29. The van der Waals surface area contributed by atoms with Crippen molar-refractivity contribution >= 4 is 35.8 Å². The second-order valence-corrected chi connectivity index (χ2v) is 13.0. The molecular formula is C37H60N4O11. The number of ether oxygens (including phenoxy) is 4. The van der Waals surface area contributed by atoms with E-state index in [4.69, 9.17) is 18.9 Å². The molecule has 0 radical (unpaired) electrons. The number of amides is 4. The number of carboxylic acid groups (broad SMARTS) is 1. The summed E-state index contributed by atoms with van der Waals surface area (Å²) in [6, 6.07) is 3.41. The third kappa shape index (κ3) is 19.4. The first-order valence-corrected chi connectivity index (χ1v) is 18.3. The molecule has 0 aliphatic heterocycles. The molecule has 0 saturated heterocycles. The molecule has 0 heterocycles. The number of carboxylic acids is 1. The van der Waals surface area contributed by atoms with Crippen molar-refractivity contribution in [2.75, 3.05) is 26.4 Å². The number of hydrogen-bond acceptors (Lipinski definition) is 10. The molecule has 0 aliphatic carbocycles. The minimum Gasteiger partial charge on any atom is -0.480 e. The highest BCUT2D eigenvalue weighted by atomic mass is 16.6. The number of carbonyl (C=O) groups is 6. The summed E-state index contributed by atoms with van der Waals surface area (Å²) in [6.45, 7) is 11.3. The number of benzene rings is 1. The number of esters is 1. The minimum atomic E-state index is -1.56. The van der Waals surface area contributed by atoms with Crippen LogP contribution in [-0.4, -0.2) is 97.6 Å². The molecule has 0 aliphatic rings. The van der Waals surface area contributed by atoms with Crippen LogP contribution in [0.5, 0.6) is 0 Å². The zero-order valence-corrected chi connectivity index (χ0v) is 31.6. The molecule has 15 heteroatoms. The molecule has 4 amide bonds. The summed E-state index contributed by atoms with van der Waals surface area (Å²) in [5.74, 6) is -4.68. The molecule has 15 nitrogen and oxygen atoms in total. The number of rotatable bonds is 27. The van der Waals surface area contributed by atoms with Gasteiger partial charge in [0, 0.05) is 13.2 Å². The maximum atomic E-state index is 13.9. The third-order valence-electron chi connectivity index (χ3n) is 7.76. The molecule has 1 aromatic rings. The van der Waals surface area contributed by atoms with Crippen LogP contribution in [-0.2, 0) is 49.5 Å². The normalized spacial score (nSPS) is 13.9.